The van der Waals surface area contributed by atoms with E-state index in [1.807, 2.05) is 25.1 Å². The number of methoxy groups -OCH3 is 1. The van der Waals surface area contributed by atoms with E-state index in [0.29, 0.717) is 17.4 Å². The molecule has 0 bridgehead atoms. The highest BCUT2D eigenvalue weighted by molar-refractivity contribution is 5.52. The number of nitrogens with one attached hydrogen (secondary N) is 1. The Bertz CT molecular complexity index is 615. The molecule has 1 heterocycles. The predicted octanol–water partition coefficient (Wildman–Crippen LogP) is 1.24. The van der Waals surface area contributed by atoms with Gasteiger partial charge in [-0.1, -0.05) is 19.1 Å². The van der Waals surface area contributed by atoms with Crippen molar-refractivity contribution in [2.24, 2.45) is 0 Å². The van der Waals surface area contributed by atoms with Gasteiger partial charge in [0.1, 0.15) is 12.1 Å². The zero-order valence-electron chi connectivity index (χ0n) is 11.2. The third-order valence-electron chi connectivity index (χ3n) is 2.85. The Morgan fingerprint density at radius 1 is 1.42 bits per heavy atom. The largest absolute Gasteiger partial charge is 0.495 e. The van der Waals surface area contributed by atoms with Gasteiger partial charge in [-0.15, -0.1) is 0 Å². The molecule has 2 rings (SSSR count). The molecule has 0 unspecified atom stereocenters. The van der Waals surface area contributed by atoms with Gasteiger partial charge in [-0.2, -0.15) is 4.98 Å². The third kappa shape index (κ3) is 2.42. The van der Waals surface area contributed by atoms with Crippen LogP contribution in [-0.4, -0.2) is 28.7 Å². The van der Waals surface area contributed by atoms with Crippen LogP contribution in [0.15, 0.2) is 29.3 Å². The van der Waals surface area contributed by atoms with Gasteiger partial charge in [-0.25, -0.2) is 14.3 Å². The summed E-state index contributed by atoms with van der Waals surface area (Å²) in [4.78, 5) is 20.0. The number of ether oxygens (including phenoxy) is 1. The van der Waals surface area contributed by atoms with Crippen LogP contribution in [0.1, 0.15) is 12.5 Å². The fraction of sp³-hybridized carbons (Fsp3) is 0.308. The smallest absolute Gasteiger partial charge is 0.356 e. The van der Waals surface area contributed by atoms with Gasteiger partial charge >= 0.3 is 5.69 Å². The van der Waals surface area contributed by atoms with Crippen molar-refractivity contribution in [2.75, 3.05) is 19.5 Å². The minimum Gasteiger partial charge on any atom is -0.495 e. The van der Waals surface area contributed by atoms with Gasteiger partial charge in [-0.3, -0.25) is 0 Å². The molecule has 0 radical (unpaired) electrons. The van der Waals surface area contributed by atoms with Crippen molar-refractivity contribution in [1.82, 2.24) is 14.5 Å². The molecule has 19 heavy (non-hydrogen) atoms. The number of hydrogen-bond donors (Lipinski definition) is 1. The number of para-hydroxylation sites is 1. The van der Waals surface area contributed by atoms with Crippen molar-refractivity contribution >= 4 is 5.95 Å². The van der Waals surface area contributed by atoms with E-state index in [1.54, 1.807) is 14.2 Å². The molecule has 0 spiro atoms. The number of hydrogen-bond acceptors (Lipinski definition) is 5. The molecule has 0 saturated heterocycles. The third-order valence-corrected chi connectivity index (χ3v) is 2.85. The van der Waals surface area contributed by atoms with Crippen LogP contribution >= 0.6 is 0 Å². The SMILES string of the molecule is CCc1cccc(OC)c1-n1cnc(NC)nc1=O. The first-order valence-electron chi connectivity index (χ1n) is 6.01. The predicted molar refractivity (Wildman–Crippen MR) is 73.1 cm³/mol. The van der Waals surface area contributed by atoms with Gasteiger partial charge < -0.3 is 10.1 Å². The zero-order valence-corrected chi connectivity index (χ0v) is 11.2. The molecule has 0 aliphatic carbocycles. The first-order valence-corrected chi connectivity index (χ1v) is 6.01. The highest BCUT2D eigenvalue weighted by Crippen LogP contribution is 2.25. The normalized spacial score (nSPS) is 10.3. The second-order valence-electron chi connectivity index (χ2n) is 3.90. The van der Waals surface area contributed by atoms with Crippen LogP contribution in [0, 0.1) is 0 Å². The summed E-state index contributed by atoms with van der Waals surface area (Å²) in [5.74, 6) is 0.927. The quantitative estimate of drug-likeness (QED) is 0.895. The van der Waals surface area contributed by atoms with Crippen LogP contribution < -0.4 is 15.7 Å². The van der Waals surface area contributed by atoms with Gasteiger partial charge in [0.25, 0.3) is 0 Å². The van der Waals surface area contributed by atoms with Crippen LogP contribution in [0.2, 0.25) is 0 Å². The highest BCUT2D eigenvalue weighted by Gasteiger charge is 2.12. The molecule has 0 atom stereocenters. The van der Waals surface area contributed by atoms with Crippen LogP contribution in [0.3, 0.4) is 0 Å². The first-order chi connectivity index (χ1) is 9.21. The lowest BCUT2D eigenvalue weighted by atomic mass is 10.1. The summed E-state index contributed by atoms with van der Waals surface area (Å²) < 4.78 is 6.72. The van der Waals surface area contributed by atoms with E-state index in [2.05, 4.69) is 15.3 Å². The molecule has 1 aromatic heterocycles. The van der Waals surface area contributed by atoms with E-state index in [-0.39, 0.29) is 0 Å². The summed E-state index contributed by atoms with van der Waals surface area (Å²) in [5.41, 5.74) is 1.31. The van der Waals surface area contributed by atoms with Gasteiger partial charge in [0.15, 0.2) is 0 Å². The maximum atomic E-state index is 12.1. The molecule has 0 amide bonds. The molecular weight excluding hydrogens is 244 g/mol. The van der Waals surface area contributed by atoms with E-state index >= 15 is 0 Å². The summed E-state index contributed by atoms with van der Waals surface area (Å²) >= 11 is 0. The molecule has 0 aliphatic heterocycles. The molecular formula is C13H16N4O2. The Morgan fingerprint density at radius 3 is 2.79 bits per heavy atom. The molecule has 6 heteroatoms. The molecule has 0 fully saturated rings. The zero-order chi connectivity index (χ0) is 13.8. The van der Waals surface area contributed by atoms with Crippen LogP contribution in [-0.2, 0) is 6.42 Å². The average Bonchev–Trinajstić information content (AvgIpc) is 2.46. The van der Waals surface area contributed by atoms with Gasteiger partial charge in [0.2, 0.25) is 5.95 Å². The molecule has 0 saturated carbocycles. The molecule has 6 nitrogen and oxygen atoms in total. The molecule has 1 N–H and O–H groups in total. The van der Waals surface area contributed by atoms with Crippen molar-refractivity contribution in [3.8, 4) is 11.4 Å². The minimum absolute atomic E-state index is 0.300. The lowest BCUT2D eigenvalue weighted by Gasteiger charge is -2.14. The molecule has 100 valence electrons. The minimum atomic E-state index is -0.390. The van der Waals surface area contributed by atoms with Gasteiger partial charge in [0.05, 0.1) is 12.8 Å². The van der Waals surface area contributed by atoms with Crippen molar-refractivity contribution in [1.29, 1.82) is 0 Å². The lowest BCUT2D eigenvalue weighted by Crippen LogP contribution is -2.24. The second kappa shape index (κ2) is 5.51. The van der Waals surface area contributed by atoms with Crippen LogP contribution in [0.25, 0.3) is 5.69 Å². The number of aryl methyl sites for hydroxylation is 1. The molecule has 0 aliphatic rings. The van der Waals surface area contributed by atoms with Crippen molar-refractivity contribution < 1.29 is 4.74 Å². The number of anilines is 1. The Labute approximate surface area is 111 Å². The Hall–Kier alpha value is -2.37. The monoisotopic (exact) mass is 260 g/mol. The number of rotatable bonds is 4. The molecule has 1 aromatic carbocycles. The lowest BCUT2D eigenvalue weighted by molar-refractivity contribution is 0.411. The van der Waals surface area contributed by atoms with Crippen molar-refractivity contribution in [3.63, 3.8) is 0 Å². The highest BCUT2D eigenvalue weighted by atomic mass is 16.5. The van der Waals surface area contributed by atoms with E-state index in [9.17, 15) is 4.79 Å². The Kier molecular flexibility index (Phi) is 3.79. The van der Waals surface area contributed by atoms with Gasteiger partial charge in [-0.05, 0) is 18.1 Å². The Balaban J connectivity index is 2.67. The standard InChI is InChI=1S/C13H16N4O2/c1-4-9-6-5-7-10(19-3)11(9)17-8-15-12(14-2)16-13(17)18/h5-8H,4H2,1-3H3,(H,14,16,18). The second-order valence-corrected chi connectivity index (χ2v) is 3.90. The summed E-state index contributed by atoms with van der Waals surface area (Å²) in [6.07, 6.45) is 2.24. The van der Waals surface area contributed by atoms with E-state index in [0.717, 1.165) is 12.0 Å². The maximum absolute atomic E-state index is 12.1. The van der Waals surface area contributed by atoms with Crippen LogP contribution in [0.5, 0.6) is 5.75 Å². The number of nitrogens with zero attached hydrogens (tertiary/aromatic N) is 3. The first kappa shape index (κ1) is 13.1. The summed E-state index contributed by atoms with van der Waals surface area (Å²) in [7, 11) is 3.24. The summed E-state index contributed by atoms with van der Waals surface area (Å²) in [6.45, 7) is 2.02. The van der Waals surface area contributed by atoms with E-state index in [4.69, 9.17) is 4.74 Å². The Morgan fingerprint density at radius 2 is 2.21 bits per heavy atom. The number of benzene rings is 1. The van der Waals surface area contributed by atoms with Crippen molar-refractivity contribution in [3.05, 3.63) is 40.6 Å². The number of aromatic nitrogens is 3. The van der Waals surface area contributed by atoms with Crippen LogP contribution in [0.4, 0.5) is 5.95 Å². The molecule has 2 aromatic rings. The van der Waals surface area contributed by atoms with Gasteiger partial charge in [0, 0.05) is 7.05 Å². The fourth-order valence-electron chi connectivity index (χ4n) is 1.90. The van der Waals surface area contributed by atoms with E-state index < -0.39 is 5.69 Å². The van der Waals surface area contributed by atoms with Crippen molar-refractivity contribution in [2.45, 2.75) is 13.3 Å². The summed E-state index contributed by atoms with van der Waals surface area (Å²) in [5, 5.41) is 2.74. The average molecular weight is 260 g/mol. The fourth-order valence-corrected chi connectivity index (χ4v) is 1.90. The summed E-state index contributed by atoms with van der Waals surface area (Å²) in [6, 6.07) is 5.66. The van der Waals surface area contributed by atoms with E-state index in [1.165, 1.54) is 10.9 Å². The topological polar surface area (TPSA) is 69.0 Å². The maximum Gasteiger partial charge on any atom is 0.356 e.